The van der Waals surface area contributed by atoms with Crippen LogP contribution in [0.15, 0.2) is 54.6 Å². The fourth-order valence-electron chi connectivity index (χ4n) is 1.95. The second kappa shape index (κ2) is 9.18. The Bertz CT molecular complexity index is 569. The smallest absolute Gasteiger partial charge is 0.170 e. The maximum Gasteiger partial charge on any atom is 0.170 e. The molecule has 0 aliphatic rings. The highest BCUT2D eigenvalue weighted by atomic mass is 32.1. The van der Waals surface area contributed by atoms with Crippen molar-refractivity contribution in [1.29, 1.82) is 0 Å². The van der Waals surface area contributed by atoms with Gasteiger partial charge in [-0.25, -0.2) is 0 Å². The summed E-state index contributed by atoms with van der Waals surface area (Å²) in [7, 11) is 0. The molecule has 0 radical (unpaired) electrons. The number of ether oxygens (including phenoxy) is 1. The topological polar surface area (TPSA) is 33.3 Å². The van der Waals surface area contributed by atoms with Gasteiger partial charge in [0.15, 0.2) is 5.11 Å². The largest absolute Gasteiger partial charge is 0.377 e. The second-order valence-corrected chi connectivity index (χ2v) is 5.55. The van der Waals surface area contributed by atoms with Crippen LogP contribution in [0.4, 0.5) is 5.69 Å². The lowest BCUT2D eigenvalue weighted by atomic mass is 10.2. The Kier molecular flexibility index (Phi) is 6.87. The molecule has 0 aromatic heterocycles. The van der Waals surface area contributed by atoms with Crippen LogP contribution in [0.25, 0.3) is 0 Å². The van der Waals surface area contributed by atoms with Gasteiger partial charge in [0.05, 0.1) is 6.61 Å². The molecule has 2 N–H and O–H groups in total. The molecule has 0 aliphatic heterocycles. The van der Waals surface area contributed by atoms with E-state index in [0.717, 1.165) is 25.3 Å². The fourth-order valence-corrected chi connectivity index (χ4v) is 2.17. The van der Waals surface area contributed by atoms with E-state index in [9.17, 15) is 0 Å². The number of aryl methyl sites for hydroxylation is 1. The predicted octanol–water partition coefficient (Wildman–Crippen LogP) is 3.89. The van der Waals surface area contributed by atoms with Gasteiger partial charge in [0, 0.05) is 18.8 Å². The van der Waals surface area contributed by atoms with E-state index < -0.39 is 0 Å². The van der Waals surface area contributed by atoms with Crippen LogP contribution < -0.4 is 10.6 Å². The van der Waals surface area contributed by atoms with E-state index >= 15 is 0 Å². The Labute approximate surface area is 137 Å². The zero-order valence-corrected chi connectivity index (χ0v) is 13.7. The van der Waals surface area contributed by atoms with Gasteiger partial charge in [-0.15, -0.1) is 0 Å². The van der Waals surface area contributed by atoms with Gasteiger partial charge < -0.3 is 15.4 Å². The Morgan fingerprint density at radius 2 is 1.77 bits per heavy atom. The summed E-state index contributed by atoms with van der Waals surface area (Å²) in [6, 6.07) is 18.3. The third-order valence-electron chi connectivity index (χ3n) is 3.17. The van der Waals surface area contributed by atoms with Gasteiger partial charge in [0.2, 0.25) is 0 Å². The van der Waals surface area contributed by atoms with Crippen LogP contribution in [0.2, 0.25) is 0 Å². The quantitative estimate of drug-likeness (QED) is 0.600. The van der Waals surface area contributed by atoms with Crippen molar-refractivity contribution < 1.29 is 4.74 Å². The van der Waals surface area contributed by atoms with Crippen molar-refractivity contribution in [3.8, 4) is 0 Å². The lowest BCUT2D eigenvalue weighted by Crippen LogP contribution is -2.29. The van der Waals surface area contributed by atoms with Crippen LogP contribution >= 0.6 is 12.2 Å². The third-order valence-corrected chi connectivity index (χ3v) is 3.42. The molecule has 3 nitrogen and oxygen atoms in total. The first kappa shape index (κ1) is 16.5. The average Bonchev–Trinajstić information content (AvgIpc) is 2.54. The van der Waals surface area contributed by atoms with E-state index in [1.54, 1.807) is 0 Å². The van der Waals surface area contributed by atoms with Crippen LogP contribution in [0.3, 0.4) is 0 Å². The molecule has 2 aromatic carbocycles. The van der Waals surface area contributed by atoms with Gasteiger partial charge >= 0.3 is 0 Å². The van der Waals surface area contributed by atoms with Crippen LogP contribution in [-0.4, -0.2) is 18.3 Å². The normalized spacial score (nSPS) is 10.2. The molecule has 0 heterocycles. The standard InChI is InChI=1S/C18H22N2OS/c1-15-8-10-17(11-9-15)20-18(22)19-12-5-13-21-14-16-6-3-2-4-7-16/h2-4,6-11H,5,12-14H2,1H3,(H2,19,20,22). The predicted molar refractivity (Wildman–Crippen MR) is 96.1 cm³/mol. The molecule has 0 bridgehead atoms. The maximum atomic E-state index is 5.63. The Hall–Kier alpha value is -1.91. The summed E-state index contributed by atoms with van der Waals surface area (Å²) in [6.45, 7) is 4.24. The summed E-state index contributed by atoms with van der Waals surface area (Å²) < 4.78 is 5.63. The molecule has 2 rings (SSSR count). The molecule has 116 valence electrons. The molecule has 0 spiro atoms. The van der Waals surface area contributed by atoms with Gasteiger partial charge in [0.25, 0.3) is 0 Å². The highest BCUT2D eigenvalue weighted by Gasteiger charge is 1.97. The van der Waals surface area contributed by atoms with Crippen molar-refractivity contribution in [3.05, 3.63) is 65.7 Å². The molecule has 0 fully saturated rings. The zero-order chi connectivity index (χ0) is 15.6. The lowest BCUT2D eigenvalue weighted by molar-refractivity contribution is 0.119. The molecule has 0 atom stereocenters. The van der Waals surface area contributed by atoms with E-state index in [1.165, 1.54) is 11.1 Å². The van der Waals surface area contributed by atoms with Gasteiger partial charge in [-0.05, 0) is 43.3 Å². The van der Waals surface area contributed by atoms with E-state index in [0.29, 0.717) is 11.7 Å². The summed E-state index contributed by atoms with van der Waals surface area (Å²) in [5.41, 5.74) is 3.44. The SMILES string of the molecule is Cc1ccc(NC(=S)NCCCOCc2ccccc2)cc1. The first-order valence-corrected chi connectivity index (χ1v) is 7.88. The van der Waals surface area contributed by atoms with Crippen molar-refractivity contribution in [1.82, 2.24) is 5.32 Å². The van der Waals surface area contributed by atoms with Crippen molar-refractivity contribution in [2.24, 2.45) is 0 Å². The number of anilines is 1. The van der Waals surface area contributed by atoms with Crippen LogP contribution in [0.5, 0.6) is 0 Å². The molecule has 0 saturated heterocycles. The number of benzene rings is 2. The summed E-state index contributed by atoms with van der Waals surface area (Å²) in [6.07, 6.45) is 0.919. The number of rotatable bonds is 7. The van der Waals surface area contributed by atoms with Crippen molar-refractivity contribution in [3.63, 3.8) is 0 Å². The van der Waals surface area contributed by atoms with Crippen LogP contribution in [0.1, 0.15) is 17.5 Å². The number of hydrogen-bond donors (Lipinski definition) is 2. The van der Waals surface area contributed by atoms with E-state index in [1.807, 2.05) is 30.3 Å². The van der Waals surface area contributed by atoms with E-state index in [-0.39, 0.29) is 0 Å². The van der Waals surface area contributed by atoms with Gasteiger partial charge in [-0.1, -0.05) is 48.0 Å². The Morgan fingerprint density at radius 1 is 1.05 bits per heavy atom. The third kappa shape index (κ3) is 6.24. The second-order valence-electron chi connectivity index (χ2n) is 5.14. The summed E-state index contributed by atoms with van der Waals surface area (Å²) in [5.74, 6) is 0. The van der Waals surface area contributed by atoms with E-state index in [4.69, 9.17) is 17.0 Å². The van der Waals surface area contributed by atoms with Gasteiger partial charge in [-0.2, -0.15) is 0 Å². The molecular weight excluding hydrogens is 292 g/mol. The molecule has 0 saturated carbocycles. The molecule has 4 heteroatoms. The Morgan fingerprint density at radius 3 is 2.50 bits per heavy atom. The molecule has 0 aliphatic carbocycles. The minimum Gasteiger partial charge on any atom is -0.377 e. The number of nitrogens with one attached hydrogen (secondary N) is 2. The van der Waals surface area contributed by atoms with Crippen molar-refractivity contribution >= 4 is 23.0 Å². The lowest BCUT2D eigenvalue weighted by Gasteiger charge is -2.11. The van der Waals surface area contributed by atoms with Gasteiger partial charge in [-0.3, -0.25) is 0 Å². The molecule has 0 amide bonds. The maximum absolute atomic E-state index is 5.63. The minimum atomic E-state index is 0.645. The highest BCUT2D eigenvalue weighted by Crippen LogP contribution is 2.08. The van der Waals surface area contributed by atoms with E-state index in [2.05, 4.69) is 41.8 Å². The van der Waals surface area contributed by atoms with Gasteiger partial charge in [0.1, 0.15) is 0 Å². The van der Waals surface area contributed by atoms with Crippen LogP contribution in [-0.2, 0) is 11.3 Å². The minimum absolute atomic E-state index is 0.645. The highest BCUT2D eigenvalue weighted by molar-refractivity contribution is 7.80. The van der Waals surface area contributed by atoms with Crippen LogP contribution in [0, 0.1) is 6.92 Å². The summed E-state index contributed by atoms with van der Waals surface area (Å²) in [5, 5.41) is 7.00. The molecular formula is C18H22N2OS. The molecule has 22 heavy (non-hydrogen) atoms. The first-order chi connectivity index (χ1) is 10.7. The molecule has 2 aromatic rings. The number of thiocarbonyl (C=S) groups is 1. The first-order valence-electron chi connectivity index (χ1n) is 7.47. The zero-order valence-electron chi connectivity index (χ0n) is 12.8. The fraction of sp³-hybridized carbons (Fsp3) is 0.278. The number of hydrogen-bond acceptors (Lipinski definition) is 2. The van der Waals surface area contributed by atoms with Crippen molar-refractivity contribution in [2.45, 2.75) is 20.0 Å². The molecule has 0 unspecified atom stereocenters. The van der Waals surface area contributed by atoms with Crippen molar-refractivity contribution in [2.75, 3.05) is 18.5 Å². The monoisotopic (exact) mass is 314 g/mol. The summed E-state index contributed by atoms with van der Waals surface area (Å²) >= 11 is 5.26. The Balaban J connectivity index is 1.54. The summed E-state index contributed by atoms with van der Waals surface area (Å²) in [4.78, 5) is 0. The average molecular weight is 314 g/mol.